The van der Waals surface area contributed by atoms with E-state index < -0.39 is 0 Å². The molecule has 3 aromatic carbocycles. The maximum Gasteiger partial charge on any atom is 0.0437 e. The van der Waals surface area contributed by atoms with Gasteiger partial charge in [0.25, 0.3) is 0 Å². The number of hydrogen-bond donors (Lipinski definition) is 0. The molecule has 26 heavy (non-hydrogen) atoms. The van der Waals surface area contributed by atoms with E-state index in [1.54, 1.807) is 0 Å². The van der Waals surface area contributed by atoms with Gasteiger partial charge < -0.3 is 0 Å². The third-order valence-corrected chi connectivity index (χ3v) is 6.96. The summed E-state index contributed by atoms with van der Waals surface area (Å²) in [5, 5.41) is 2.76. The van der Waals surface area contributed by atoms with Crippen LogP contribution >= 0.6 is 22.7 Å². The third kappa shape index (κ3) is 2.41. The van der Waals surface area contributed by atoms with Crippen LogP contribution in [0.5, 0.6) is 0 Å². The van der Waals surface area contributed by atoms with E-state index in [0.717, 1.165) is 0 Å². The molecule has 0 nitrogen and oxygen atoms in total. The van der Waals surface area contributed by atoms with Crippen LogP contribution < -0.4 is 0 Å². The predicted octanol–water partition coefficient (Wildman–Crippen LogP) is 8.07. The largest absolute Gasteiger partial charge is 0.140 e. The van der Waals surface area contributed by atoms with Crippen molar-refractivity contribution in [2.45, 2.75) is 13.8 Å². The van der Waals surface area contributed by atoms with Crippen LogP contribution in [0.4, 0.5) is 0 Å². The Bertz CT molecular complexity index is 1070. The van der Waals surface area contributed by atoms with E-state index in [1.807, 2.05) is 22.7 Å². The summed E-state index contributed by atoms with van der Waals surface area (Å²) >= 11 is 3.82. The van der Waals surface area contributed by atoms with Crippen molar-refractivity contribution in [2.75, 3.05) is 0 Å². The van der Waals surface area contributed by atoms with Crippen LogP contribution in [0.1, 0.15) is 9.75 Å². The molecule has 0 saturated heterocycles. The van der Waals surface area contributed by atoms with Crippen molar-refractivity contribution in [2.24, 2.45) is 0 Å². The van der Waals surface area contributed by atoms with Crippen molar-refractivity contribution in [3.63, 3.8) is 0 Å². The van der Waals surface area contributed by atoms with Gasteiger partial charge in [-0.3, -0.25) is 0 Å². The lowest BCUT2D eigenvalue weighted by Gasteiger charge is -2.12. The molecule has 0 fully saturated rings. The van der Waals surface area contributed by atoms with Gasteiger partial charge in [0.15, 0.2) is 0 Å². The molecule has 0 atom stereocenters. The molecule has 0 aliphatic carbocycles. The van der Waals surface area contributed by atoms with Crippen molar-refractivity contribution in [1.82, 2.24) is 0 Å². The first kappa shape index (κ1) is 15.8. The average Bonchev–Trinajstić information content (AvgIpc) is 3.22. The van der Waals surface area contributed by atoms with Gasteiger partial charge in [0.2, 0.25) is 0 Å². The minimum atomic E-state index is 1.31. The zero-order chi connectivity index (χ0) is 17.7. The summed E-state index contributed by atoms with van der Waals surface area (Å²) in [7, 11) is 0. The van der Waals surface area contributed by atoms with Gasteiger partial charge in [0.05, 0.1) is 0 Å². The molecule has 5 rings (SSSR count). The summed E-state index contributed by atoms with van der Waals surface area (Å²) in [5.41, 5.74) is 5.39. The molecule has 0 aliphatic rings. The molecule has 0 unspecified atom stereocenters. The molecule has 0 N–H and O–H groups in total. The molecule has 5 aromatic rings. The molecule has 2 heteroatoms. The first-order valence-corrected chi connectivity index (χ1v) is 10.4. The van der Waals surface area contributed by atoms with Gasteiger partial charge in [-0.25, -0.2) is 0 Å². The molecule has 0 amide bonds. The molecular formula is C24H18S2. The summed E-state index contributed by atoms with van der Waals surface area (Å²) in [6.07, 6.45) is 0. The quantitative estimate of drug-likeness (QED) is 0.295. The van der Waals surface area contributed by atoms with E-state index in [2.05, 4.69) is 86.6 Å². The molecule has 126 valence electrons. The van der Waals surface area contributed by atoms with Crippen LogP contribution in [0.15, 0.2) is 72.8 Å². The highest BCUT2D eigenvalue weighted by atomic mass is 32.1. The summed E-state index contributed by atoms with van der Waals surface area (Å²) in [6.45, 7) is 4.43. The Hall–Kier alpha value is -2.42. The van der Waals surface area contributed by atoms with Crippen LogP contribution in [0, 0.1) is 13.8 Å². The SMILES string of the molecule is Cc1cc2c(-c3ccccc3)c3sc(C)cc3c(-c3ccccc3)c2s1. The number of rotatable bonds is 2. The zero-order valence-electron chi connectivity index (χ0n) is 14.7. The number of thiophene rings is 2. The minimum Gasteiger partial charge on any atom is -0.140 e. The molecule has 2 aromatic heterocycles. The number of fused-ring (bicyclic) bond motifs is 2. The summed E-state index contributed by atoms with van der Waals surface area (Å²) < 4.78 is 2.80. The molecular weight excluding hydrogens is 352 g/mol. The van der Waals surface area contributed by atoms with Crippen molar-refractivity contribution in [3.05, 3.63) is 82.6 Å². The lowest BCUT2D eigenvalue weighted by atomic mass is 9.93. The number of benzene rings is 3. The van der Waals surface area contributed by atoms with E-state index in [-0.39, 0.29) is 0 Å². The summed E-state index contributed by atoms with van der Waals surface area (Å²) in [6, 6.07) is 26.4. The fourth-order valence-corrected chi connectivity index (χ4v) is 6.00. The van der Waals surface area contributed by atoms with E-state index in [4.69, 9.17) is 0 Å². The molecule has 0 saturated carbocycles. The fraction of sp³-hybridized carbons (Fsp3) is 0.0833. The summed E-state index contributed by atoms with van der Waals surface area (Å²) in [4.78, 5) is 2.73. The fourth-order valence-electron chi connectivity index (χ4n) is 3.80. The lowest BCUT2D eigenvalue weighted by Crippen LogP contribution is -1.84. The van der Waals surface area contributed by atoms with Crippen LogP contribution in [0.3, 0.4) is 0 Å². The van der Waals surface area contributed by atoms with Crippen molar-refractivity contribution < 1.29 is 0 Å². The van der Waals surface area contributed by atoms with Crippen molar-refractivity contribution >= 4 is 42.8 Å². The first-order chi connectivity index (χ1) is 12.7. The van der Waals surface area contributed by atoms with E-state index >= 15 is 0 Å². The van der Waals surface area contributed by atoms with Crippen LogP contribution in [0.2, 0.25) is 0 Å². The van der Waals surface area contributed by atoms with Crippen molar-refractivity contribution in [3.8, 4) is 22.3 Å². The standard InChI is InChI=1S/C24H18S2/c1-15-13-19-21(17-9-5-3-6-10-17)24-20(14-16(2)26-24)22(23(19)25-15)18-11-7-4-8-12-18/h3-14H,1-2H3. The monoisotopic (exact) mass is 370 g/mol. The highest BCUT2D eigenvalue weighted by molar-refractivity contribution is 7.21. The van der Waals surface area contributed by atoms with E-state index in [9.17, 15) is 0 Å². The molecule has 0 bridgehead atoms. The van der Waals surface area contributed by atoms with Gasteiger partial charge in [0.1, 0.15) is 0 Å². The Morgan fingerprint density at radius 3 is 1.31 bits per heavy atom. The maximum absolute atomic E-state index is 2.36. The molecule has 0 radical (unpaired) electrons. The first-order valence-electron chi connectivity index (χ1n) is 8.79. The topological polar surface area (TPSA) is 0 Å². The van der Waals surface area contributed by atoms with Gasteiger partial charge in [-0.1, -0.05) is 60.7 Å². The number of hydrogen-bond acceptors (Lipinski definition) is 2. The van der Waals surface area contributed by atoms with Gasteiger partial charge >= 0.3 is 0 Å². The van der Waals surface area contributed by atoms with Crippen LogP contribution in [0.25, 0.3) is 42.4 Å². The highest BCUT2D eigenvalue weighted by Crippen LogP contribution is 2.49. The van der Waals surface area contributed by atoms with Gasteiger partial charge in [-0.05, 0) is 37.1 Å². The Morgan fingerprint density at radius 2 is 0.923 bits per heavy atom. The predicted molar refractivity (Wildman–Crippen MR) is 118 cm³/mol. The molecule has 2 heterocycles. The highest BCUT2D eigenvalue weighted by Gasteiger charge is 2.20. The summed E-state index contributed by atoms with van der Waals surface area (Å²) in [5.74, 6) is 0. The Balaban J connectivity index is 2.01. The second kappa shape index (κ2) is 6.08. The second-order valence-corrected chi connectivity index (χ2v) is 9.19. The van der Waals surface area contributed by atoms with Crippen molar-refractivity contribution in [1.29, 1.82) is 0 Å². The Morgan fingerprint density at radius 1 is 0.538 bits per heavy atom. The van der Waals surface area contributed by atoms with Gasteiger partial charge in [-0.2, -0.15) is 0 Å². The average molecular weight is 371 g/mol. The smallest absolute Gasteiger partial charge is 0.0437 e. The second-order valence-electron chi connectivity index (χ2n) is 6.68. The maximum atomic E-state index is 2.36. The van der Waals surface area contributed by atoms with E-state index in [0.29, 0.717) is 0 Å². The molecule has 0 aliphatic heterocycles. The Kier molecular flexibility index (Phi) is 3.70. The van der Waals surface area contributed by atoms with E-state index in [1.165, 1.54) is 52.2 Å². The van der Waals surface area contributed by atoms with Gasteiger partial charge in [0, 0.05) is 41.1 Å². The third-order valence-electron chi connectivity index (χ3n) is 4.83. The normalized spacial score (nSPS) is 11.5. The van der Waals surface area contributed by atoms with Crippen LogP contribution in [-0.2, 0) is 0 Å². The zero-order valence-corrected chi connectivity index (χ0v) is 16.4. The molecule has 0 spiro atoms. The minimum absolute atomic E-state index is 1.31. The lowest BCUT2D eigenvalue weighted by molar-refractivity contribution is 1.64. The Labute approximate surface area is 161 Å². The van der Waals surface area contributed by atoms with Gasteiger partial charge in [-0.15, -0.1) is 22.7 Å². The number of aryl methyl sites for hydroxylation is 2. The van der Waals surface area contributed by atoms with Crippen LogP contribution in [-0.4, -0.2) is 0 Å².